The fourth-order valence-corrected chi connectivity index (χ4v) is 3.63. The number of benzene rings is 2. The van der Waals surface area contributed by atoms with Gasteiger partial charge in [0.25, 0.3) is 0 Å². The zero-order valence-corrected chi connectivity index (χ0v) is 13.6. The van der Waals surface area contributed by atoms with Crippen LogP contribution in [0.2, 0.25) is 5.02 Å². The van der Waals surface area contributed by atoms with Crippen molar-refractivity contribution in [1.29, 1.82) is 0 Å². The minimum Gasteiger partial charge on any atom is -0.326 e. The van der Waals surface area contributed by atoms with Gasteiger partial charge in [-0.05, 0) is 29.8 Å². The fourth-order valence-electron chi connectivity index (χ4n) is 1.91. The Balaban J connectivity index is 2.22. The second-order valence-corrected chi connectivity index (χ2v) is 7.18. The number of carbonyl (C=O) groups is 1. The summed E-state index contributed by atoms with van der Waals surface area (Å²) in [6, 6.07) is 13.1. The highest BCUT2D eigenvalue weighted by Gasteiger charge is 2.17. The summed E-state index contributed by atoms with van der Waals surface area (Å²) < 4.78 is 24.7. The number of halogens is 1. The standard InChI is InChI=1S/C16H16ClNO3S/c1-2-16(19)18-13-9-8-12(15(17)10-13)11-22(20,21)14-6-4-3-5-7-14/h3-10H,2,11H2,1H3,(H,18,19). The zero-order valence-electron chi connectivity index (χ0n) is 12.0. The van der Waals surface area contributed by atoms with E-state index in [2.05, 4.69) is 5.32 Å². The summed E-state index contributed by atoms with van der Waals surface area (Å²) in [6.07, 6.45) is 0.363. The van der Waals surface area contributed by atoms with Crippen LogP contribution in [0.15, 0.2) is 53.4 Å². The predicted molar refractivity (Wildman–Crippen MR) is 87.7 cm³/mol. The average molecular weight is 338 g/mol. The van der Waals surface area contributed by atoms with Crippen molar-refractivity contribution in [2.45, 2.75) is 24.0 Å². The Morgan fingerprint density at radius 3 is 2.41 bits per heavy atom. The molecule has 2 aromatic carbocycles. The van der Waals surface area contributed by atoms with Gasteiger partial charge in [-0.1, -0.05) is 42.8 Å². The molecular weight excluding hydrogens is 322 g/mol. The van der Waals surface area contributed by atoms with Gasteiger partial charge < -0.3 is 5.32 Å². The molecule has 0 saturated heterocycles. The third-order valence-corrected chi connectivity index (χ3v) is 5.14. The molecule has 116 valence electrons. The van der Waals surface area contributed by atoms with Gasteiger partial charge in [-0.15, -0.1) is 0 Å². The Morgan fingerprint density at radius 1 is 1.14 bits per heavy atom. The van der Waals surface area contributed by atoms with Crippen molar-refractivity contribution in [2.75, 3.05) is 5.32 Å². The van der Waals surface area contributed by atoms with Crippen molar-refractivity contribution in [2.24, 2.45) is 0 Å². The molecule has 0 aliphatic rings. The molecule has 0 fully saturated rings. The van der Waals surface area contributed by atoms with Gasteiger partial charge in [0, 0.05) is 17.1 Å². The van der Waals surface area contributed by atoms with Crippen LogP contribution < -0.4 is 5.32 Å². The lowest BCUT2D eigenvalue weighted by Gasteiger charge is -2.09. The average Bonchev–Trinajstić information content (AvgIpc) is 2.50. The van der Waals surface area contributed by atoms with Gasteiger partial charge in [0.1, 0.15) is 0 Å². The third kappa shape index (κ3) is 4.08. The maximum atomic E-state index is 12.3. The predicted octanol–water partition coefficient (Wildman–Crippen LogP) is 3.66. The second-order valence-electron chi connectivity index (χ2n) is 4.78. The van der Waals surface area contributed by atoms with Gasteiger partial charge >= 0.3 is 0 Å². The molecule has 2 aromatic rings. The Hall–Kier alpha value is -1.85. The lowest BCUT2D eigenvalue weighted by atomic mass is 10.2. The molecule has 0 atom stereocenters. The summed E-state index contributed by atoms with van der Waals surface area (Å²) in [5, 5.41) is 2.99. The van der Waals surface area contributed by atoms with Gasteiger partial charge in [-0.2, -0.15) is 0 Å². The monoisotopic (exact) mass is 337 g/mol. The van der Waals surface area contributed by atoms with Crippen LogP contribution in [0.1, 0.15) is 18.9 Å². The Kier molecular flexibility index (Phi) is 5.21. The molecule has 0 saturated carbocycles. The number of hydrogen-bond donors (Lipinski definition) is 1. The van der Waals surface area contributed by atoms with E-state index in [-0.39, 0.29) is 16.6 Å². The van der Waals surface area contributed by atoms with Crippen molar-refractivity contribution >= 4 is 33.0 Å². The van der Waals surface area contributed by atoms with E-state index in [1.54, 1.807) is 55.5 Å². The molecular formula is C16H16ClNO3S. The topological polar surface area (TPSA) is 63.2 Å². The summed E-state index contributed by atoms with van der Waals surface area (Å²) in [4.78, 5) is 11.6. The summed E-state index contributed by atoms with van der Waals surface area (Å²) in [7, 11) is -3.45. The van der Waals surface area contributed by atoms with Gasteiger partial charge in [0.15, 0.2) is 9.84 Å². The van der Waals surface area contributed by atoms with E-state index in [1.165, 1.54) is 0 Å². The minimum atomic E-state index is -3.45. The van der Waals surface area contributed by atoms with Gasteiger partial charge in [0.2, 0.25) is 5.91 Å². The van der Waals surface area contributed by atoms with Crippen LogP contribution in [0.5, 0.6) is 0 Å². The highest BCUT2D eigenvalue weighted by Crippen LogP contribution is 2.25. The molecule has 1 amide bonds. The van der Waals surface area contributed by atoms with Crippen molar-refractivity contribution in [3.63, 3.8) is 0 Å². The smallest absolute Gasteiger partial charge is 0.224 e. The third-order valence-electron chi connectivity index (χ3n) is 3.11. The molecule has 0 aliphatic heterocycles. The zero-order chi connectivity index (χ0) is 16.2. The maximum absolute atomic E-state index is 12.3. The van der Waals surface area contributed by atoms with E-state index in [0.29, 0.717) is 22.7 Å². The van der Waals surface area contributed by atoms with Crippen molar-refractivity contribution in [3.8, 4) is 0 Å². The van der Waals surface area contributed by atoms with E-state index >= 15 is 0 Å². The molecule has 0 radical (unpaired) electrons. The Bertz CT molecular complexity index is 773. The normalized spacial score (nSPS) is 11.2. The molecule has 0 unspecified atom stereocenters. The summed E-state index contributed by atoms with van der Waals surface area (Å²) in [5.41, 5.74) is 1.05. The van der Waals surface area contributed by atoms with Crippen LogP contribution in [-0.2, 0) is 20.4 Å². The van der Waals surface area contributed by atoms with E-state index in [0.717, 1.165) is 0 Å². The Morgan fingerprint density at radius 2 is 1.82 bits per heavy atom. The van der Waals surface area contributed by atoms with Gasteiger partial charge in [-0.25, -0.2) is 8.42 Å². The SMILES string of the molecule is CCC(=O)Nc1ccc(CS(=O)(=O)c2ccccc2)c(Cl)c1. The minimum absolute atomic E-state index is 0.124. The molecule has 0 aromatic heterocycles. The second kappa shape index (κ2) is 6.94. The first-order chi connectivity index (χ1) is 10.4. The van der Waals surface area contributed by atoms with Gasteiger partial charge in [-0.3, -0.25) is 4.79 Å². The van der Waals surface area contributed by atoms with Gasteiger partial charge in [0.05, 0.1) is 10.6 Å². The quantitative estimate of drug-likeness (QED) is 0.905. The van der Waals surface area contributed by atoms with Crippen LogP contribution >= 0.6 is 11.6 Å². The first kappa shape index (κ1) is 16.5. The molecule has 0 aliphatic carbocycles. The molecule has 0 bridgehead atoms. The first-order valence-electron chi connectivity index (χ1n) is 6.78. The number of nitrogens with one attached hydrogen (secondary N) is 1. The summed E-state index contributed by atoms with van der Waals surface area (Å²) in [6.45, 7) is 1.75. The van der Waals surface area contributed by atoms with Crippen LogP contribution in [0.25, 0.3) is 0 Å². The van der Waals surface area contributed by atoms with Crippen molar-refractivity contribution in [3.05, 3.63) is 59.1 Å². The summed E-state index contributed by atoms with van der Waals surface area (Å²) in [5.74, 6) is -0.307. The molecule has 0 heterocycles. The first-order valence-corrected chi connectivity index (χ1v) is 8.81. The highest BCUT2D eigenvalue weighted by molar-refractivity contribution is 7.90. The lowest BCUT2D eigenvalue weighted by molar-refractivity contribution is -0.115. The number of anilines is 1. The number of rotatable bonds is 5. The van der Waals surface area contributed by atoms with Crippen LogP contribution in [0.4, 0.5) is 5.69 Å². The van der Waals surface area contributed by atoms with Crippen molar-refractivity contribution in [1.82, 2.24) is 0 Å². The number of carbonyl (C=O) groups excluding carboxylic acids is 1. The van der Waals surface area contributed by atoms with Crippen LogP contribution in [0.3, 0.4) is 0 Å². The van der Waals surface area contributed by atoms with E-state index in [1.807, 2.05) is 0 Å². The van der Waals surface area contributed by atoms with Crippen LogP contribution in [0, 0.1) is 0 Å². The van der Waals surface area contributed by atoms with E-state index < -0.39 is 9.84 Å². The summed E-state index contributed by atoms with van der Waals surface area (Å²) >= 11 is 6.13. The maximum Gasteiger partial charge on any atom is 0.224 e. The Labute approximate surface area is 135 Å². The molecule has 2 rings (SSSR count). The molecule has 1 N–H and O–H groups in total. The lowest BCUT2D eigenvalue weighted by Crippen LogP contribution is -2.10. The largest absolute Gasteiger partial charge is 0.326 e. The van der Waals surface area contributed by atoms with E-state index in [4.69, 9.17) is 11.6 Å². The fraction of sp³-hybridized carbons (Fsp3) is 0.188. The molecule has 4 nitrogen and oxygen atoms in total. The number of amides is 1. The number of hydrogen-bond acceptors (Lipinski definition) is 3. The van der Waals surface area contributed by atoms with E-state index in [9.17, 15) is 13.2 Å². The molecule has 22 heavy (non-hydrogen) atoms. The number of sulfone groups is 1. The molecule has 6 heteroatoms. The highest BCUT2D eigenvalue weighted by atomic mass is 35.5. The van der Waals surface area contributed by atoms with Crippen LogP contribution in [-0.4, -0.2) is 14.3 Å². The van der Waals surface area contributed by atoms with Crippen molar-refractivity contribution < 1.29 is 13.2 Å². The molecule has 0 spiro atoms.